The van der Waals surface area contributed by atoms with E-state index >= 15 is 0 Å². The van der Waals surface area contributed by atoms with Crippen LogP contribution in [0.2, 0.25) is 5.02 Å². The molecule has 0 spiro atoms. The van der Waals surface area contributed by atoms with E-state index in [2.05, 4.69) is 44.0 Å². The third-order valence-electron chi connectivity index (χ3n) is 4.92. The number of fused-ring (bicyclic) bond motifs is 1. The number of para-hydroxylation sites is 1. The third-order valence-corrected chi connectivity index (χ3v) is 5.16. The molecule has 4 rings (SSSR count). The smallest absolute Gasteiger partial charge is 0.258 e. The Labute approximate surface area is 168 Å². The molecule has 1 aromatic heterocycles. The van der Waals surface area contributed by atoms with Gasteiger partial charge in [-0.3, -0.25) is 9.69 Å². The van der Waals surface area contributed by atoms with Crippen molar-refractivity contribution in [3.8, 4) is 0 Å². The van der Waals surface area contributed by atoms with E-state index in [-0.39, 0.29) is 5.56 Å². The van der Waals surface area contributed by atoms with Gasteiger partial charge in [-0.25, -0.2) is 4.98 Å². The zero-order valence-electron chi connectivity index (χ0n) is 15.8. The highest BCUT2D eigenvalue weighted by Crippen LogP contribution is 2.23. The summed E-state index contributed by atoms with van der Waals surface area (Å²) in [5, 5.41) is 1.12. The number of rotatable bonds is 5. The Bertz CT molecular complexity index is 1030. The Balaban J connectivity index is 1.53. The standard InChI is InChI=1S/C21H23ClN4O2/c1-25(13-15-4-2-3-5-19(15)26-8-10-28-11-9-26)14-20-23-18-12-16(22)6-7-17(18)21(27)24-20/h2-7,12H,8-11,13-14H2,1H3,(H,23,24,27). The number of aromatic amines is 1. The molecule has 3 aromatic rings. The number of ether oxygens (including phenoxy) is 1. The van der Waals surface area contributed by atoms with E-state index in [0.29, 0.717) is 28.3 Å². The molecule has 0 saturated carbocycles. The molecule has 0 radical (unpaired) electrons. The summed E-state index contributed by atoms with van der Waals surface area (Å²) >= 11 is 6.05. The Kier molecular flexibility index (Phi) is 5.62. The first kappa shape index (κ1) is 18.9. The van der Waals surface area contributed by atoms with Crippen LogP contribution in [0.25, 0.3) is 10.9 Å². The Morgan fingerprint density at radius 3 is 2.79 bits per heavy atom. The van der Waals surface area contributed by atoms with Gasteiger partial charge in [0.2, 0.25) is 0 Å². The van der Waals surface area contributed by atoms with Crippen molar-refractivity contribution in [2.45, 2.75) is 13.1 Å². The number of H-pyrrole nitrogens is 1. The largest absolute Gasteiger partial charge is 0.378 e. The average Bonchev–Trinajstić information content (AvgIpc) is 2.68. The zero-order chi connectivity index (χ0) is 19.5. The first-order valence-electron chi connectivity index (χ1n) is 9.38. The van der Waals surface area contributed by atoms with Gasteiger partial charge in [0, 0.05) is 30.3 Å². The number of aromatic nitrogens is 2. The second-order valence-electron chi connectivity index (χ2n) is 7.07. The van der Waals surface area contributed by atoms with Gasteiger partial charge in [-0.15, -0.1) is 0 Å². The van der Waals surface area contributed by atoms with Gasteiger partial charge >= 0.3 is 0 Å². The molecule has 6 nitrogen and oxygen atoms in total. The molecule has 1 saturated heterocycles. The molecule has 1 N–H and O–H groups in total. The van der Waals surface area contributed by atoms with Crippen molar-refractivity contribution in [1.82, 2.24) is 14.9 Å². The van der Waals surface area contributed by atoms with Gasteiger partial charge in [-0.1, -0.05) is 29.8 Å². The number of anilines is 1. The average molecular weight is 399 g/mol. The number of hydrogen-bond donors (Lipinski definition) is 1. The lowest BCUT2D eigenvalue weighted by Gasteiger charge is -2.31. The highest BCUT2D eigenvalue weighted by atomic mass is 35.5. The van der Waals surface area contributed by atoms with Crippen molar-refractivity contribution < 1.29 is 4.74 Å². The highest BCUT2D eigenvalue weighted by molar-refractivity contribution is 6.31. The molecule has 0 bridgehead atoms. The summed E-state index contributed by atoms with van der Waals surface area (Å²) in [5.74, 6) is 0.631. The summed E-state index contributed by atoms with van der Waals surface area (Å²) in [7, 11) is 2.03. The van der Waals surface area contributed by atoms with E-state index in [4.69, 9.17) is 16.3 Å². The lowest BCUT2D eigenvalue weighted by Crippen LogP contribution is -2.37. The number of hydrogen-bond acceptors (Lipinski definition) is 5. The maximum Gasteiger partial charge on any atom is 0.258 e. The van der Waals surface area contributed by atoms with Crippen LogP contribution in [0.1, 0.15) is 11.4 Å². The molecule has 2 heterocycles. The van der Waals surface area contributed by atoms with Crippen LogP contribution in [0.3, 0.4) is 0 Å². The number of halogens is 1. The minimum Gasteiger partial charge on any atom is -0.378 e. The summed E-state index contributed by atoms with van der Waals surface area (Å²) < 4.78 is 5.47. The van der Waals surface area contributed by atoms with E-state index in [9.17, 15) is 4.79 Å². The summed E-state index contributed by atoms with van der Waals surface area (Å²) in [4.78, 5) is 24.3. The van der Waals surface area contributed by atoms with Crippen LogP contribution in [0.15, 0.2) is 47.3 Å². The minimum atomic E-state index is -0.140. The Morgan fingerprint density at radius 1 is 1.18 bits per heavy atom. The molecule has 0 unspecified atom stereocenters. The van der Waals surface area contributed by atoms with Crippen LogP contribution in [-0.2, 0) is 17.8 Å². The number of benzene rings is 2. The predicted molar refractivity (Wildman–Crippen MR) is 112 cm³/mol. The van der Waals surface area contributed by atoms with Crippen molar-refractivity contribution in [3.63, 3.8) is 0 Å². The van der Waals surface area contributed by atoms with E-state index in [1.54, 1.807) is 18.2 Å². The summed E-state index contributed by atoms with van der Waals surface area (Å²) in [5.41, 5.74) is 2.97. The monoisotopic (exact) mass is 398 g/mol. The molecule has 1 aliphatic rings. The maximum absolute atomic E-state index is 12.3. The molecule has 0 atom stereocenters. The fourth-order valence-corrected chi connectivity index (χ4v) is 3.76. The zero-order valence-corrected chi connectivity index (χ0v) is 16.6. The minimum absolute atomic E-state index is 0.140. The first-order chi connectivity index (χ1) is 13.6. The summed E-state index contributed by atoms with van der Waals surface area (Å²) in [6.45, 7) is 4.62. The maximum atomic E-state index is 12.3. The lowest BCUT2D eigenvalue weighted by atomic mass is 10.1. The van der Waals surface area contributed by atoms with Crippen LogP contribution >= 0.6 is 11.6 Å². The molecule has 0 amide bonds. The molecule has 28 heavy (non-hydrogen) atoms. The molecule has 0 aliphatic carbocycles. The van der Waals surface area contributed by atoms with E-state index in [1.807, 2.05) is 7.05 Å². The van der Waals surface area contributed by atoms with Crippen LogP contribution < -0.4 is 10.5 Å². The van der Waals surface area contributed by atoms with Crippen molar-refractivity contribution in [1.29, 1.82) is 0 Å². The van der Waals surface area contributed by atoms with Gasteiger partial charge in [-0.05, 0) is 36.9 Å². The van der Waals surface area contributed by atoms with Crippen LogP contribution in [0, 0.1) is 0 Å². The molecule has 1 fully saturated rings. The molecular formula is C21H23ClN4O2. The molecule has 2 aromatic carbocycles. The SMILES string of the molecule is CN(Cc1nc2cc(Cl)ccc2c(=O)[nH]1)Cc1ccccc1N1CCOCC1. The molecule has 1 aliphatic heterocycles. The summed E-state index contributed by atoms with van der Waals surface area (Å²) in [6, 6.07) is 13.6. The van der Waals surface area contributed by atoms with Crippen molar-refractivity contribution in [2.75, 3.05) is 38.3 Å². The van der Waals surface area contributed by atoms with Gasteiger partial charge in [-0.2, -0.15) is 0 Å². The van der Waals surface area contributed by atoms with Crippen LogP contribution in [-0.4, -0.2) is 48.2 Å². The highest BCUT2D eigenvalue weighted by Gasteiger charge is 2.16. The van der Waals surface area contributed by atoms with Crippen molar-refractivity contribution >= 4 is 28.2 Å². The topological polar surface area (TPSA) is 61.5 Å². The normalized spacial score (nSPS) is 14.8. The quantitative estimate of drug-likeness (QED) is 0.715. The first-order valence-corrected chi connectivity index (χ1v) is 9.75. The van der Waals surface area contributed by atoms with Gasteiger partial charge in [0.1, 0.15) is 5.82 Å². The van der Waals surface area contributed by atoms with Gasteiger partial charge in [0.25, 0.3) is 5.56 Å². The Hall–Kier alpha value is -2.41. The number of morpholine rings is 1. The molecular weight excluding hydrogens is 376 g/mol. The number of nitrogens with one attached hydrogen (secondary N) is 1. The fraction of sp³-hybridized carbons (Fsp3) is 0.333. The second kappa shape index (κ2) is 8.31. The lowest BCUT2D eigenvalue weighted by molar-refractivity contribution is 0.122. The predicted octanol–water partition coefficient (Wildman–Crippen LogP) is 3.05. The van der Waals surface area contributed by atoms with Crippen LogP contribution in [0.4, 0.5) is 5.69 Å². The van der Waals surface area contributed by atoms with E-state index < -0.39 is 0 Å². The summed E-state index contributed by atoms with van der Waals surface area (Å²) in [6.07, 6.45) is 0. The fourth-order valence-electron chi connectivity index (χ4n) is 3.60. The Morgan fingerprint density at radius 2 is 1.96 bits per heavy atom. The third kappa shape index (κ3) is 4.19. The second-order valence-corrected chi connectivity index (χ2v) is 7.51. The molecule has 146 valence electrons. The molecule has 7 heteroatoms. The van der Waals surface area contributed by atoms with Gasteiger partial charge in [0.05, 0.1) is 30.7 Å². The van der Waals surface area contributed by atoms with Gasteiger partial charge < -0.3 is 14.6 Å². The van der Waals surface area contributed by atoms with Crippen LogP contribution in [0.5, 0.6) is 0 Å². The van der Waals surface area contributed by atoms with Crippen molar-refractivity contribution in [2.24, 2.45) is 0 Å². The van der Waals surface area contributed by atoms with Gasteiger partial charge in [0.15, 0.2) is 0 Å². The van der Waals surface area contributed by atoms with E-state index in [0.717, 1.165) is 32.8 Å². The van der Waals surface area contributed by atoms with Crippen molar-refractivity contribution in [3.05, 3.63) is 69.2 Å². The number of nitrogens with zero attached hydrogens (tertiary/aromatic N) is 3. The van der Waals surface area contributed by atoms with E-state index in [1.165, 1.54) is 11.3 Å².